The molecule has 0 saturated heterocycles. The Morgan fingerprint density at radius 3 is 2.79 bits per heavy atom. The number of aryl methyl sites for hydroxylation is 1. The molecule has 1 unspecified atom stereocenters. The Bertz CT molecular complexity index is 924. The van der Waals surface area contributed by atoms with Gasteiger partial charge in [-0.15, -0.1) is 5.10 Å². The predicted octanol–water partition coefficient (Wildman–Crippen LogP) is 2.97. The van der Waals surface area contributed by atoms with Crippen LogP contribution in [0.4, 0.5) is 0 Å². The Morgan fingerprint density at radius 1 is 1.21 bits per heavy atom. The van der Waals surface area contributed by atoms with E-state index in [1.807, 2.05) is 29.2 Å². The number of benzene rings is 2. The zero-order valence-corrected chi connectivity index (χ0v) is 15.9. The molecule has 4 rings (SSSR count). The van der Waals surface area contributed by atoms with Crippen LogP contribution in [0.15, 0.2) is 54.9 Å². The second-order valence-electron chi connectivity index (χ2n) is 6.88. The maximum Gasteiger partial charge on any atom is 0.261 e. The first-order chi connectivity index (χ1) is 13.8. The van der Waals surface area contributed by atoms with E-state index < -0.39 is 0 Å². The molecule has 0 saturated carbocycles. The van der Waals surface area contributed by atoms with E-state index in [9.17, 15) is 4.79 Å². The Kier molecular flexibility index (Phi) is 5.32. The maximum absolute atomic E-state index is 12.9. The summed E-state index contributed by atoms with van der Waals surface area (Å²) < 4.78 is 7.33. The monoisotopic (exact) mass is 377 g/mol. The average Bonchev–Trinajstić information content (AvgIpc) is 3.41. The smallest absolute Gasteiger partial charge is 0.261 e. The Balaban J connectivity index is 1.41. The first-order valence-electron chi connectivity index (χ1n) is 9.59. The molecule has 7 heteroatoms. The van der Waals surface area contributed by atoms with Gasteiger partial charge in [0.1, 0.15) is 12.1 Å². The van der Waals surface area contributed by atoms with E-state index in [1.54, 1.807) is 4.68 Å². The largest absolute Gasteiger partial charge is 0.484 e. The van der Waals surface area contributed by atoms with Crippen LogP contribution in [0.2, 0.25) is 0 Å². The van der Waals surface area contributed by atoms with Crippen molar-refractivity contribution in [2.75, 3.05) is 13.2 Å². The van der Waals surface area contributed by atoms with Gasteiger partial charge >= 0.3 is 0 Å². The summed E-state index contributed by atoms with van der Waals surface area (Å²) in [6, 6.07) is 15.9. The molecule has 1 amide bonds. The van der Waals surface area contributed by atoms with Crippen LogP contribution >= 0.6 is 0 Å². The van der Waals surface area contributed by atoms with Gasteiger partial charge in [-0.05, 0) is 65.1 Å². The third-order valence-corrected chi connectivity index (χ3v) is 5.07. The minimum Gasteiger partial charge on any atom is -0.484 e. The van der Waals surface area contributed by atoms with Gasteiger partial charge in [0.15, 0.2) is 6.61 Å². The van der Waals surface area contributed by atoms with Gasteiger partial charge in [0, 0.05) is 6.54 Å². The molecule has 0 radical (unpaired) electrons. The van der Waals surface area contributed by atoms with Crippen LogP contribution < -0.4 is 4.74 Å². The van der Waals surface area contributed by atoms with Crippen LogP contribution in [-0.4, -0.2) is 44.2 Å². The first kappa shape index (κ1) is 18.2. The van der Waals surface area contributed by atoms with Crippen molar-refractivity contribution in [3.8, 4) is 11.4 Å². The van der Waals surface area contributed by atoms with Crippen LogP contribution in [0.1, 0.15) is 36.9 Å². The zero-order valence-electron chi connectivity index (χ0n) is 15.9. The Morgan fingerprint density at radius 2 is 2.04 bits per heavy atom. The highest BCUT2D eigenvalue weighted by Crippen LogP contribution is 2.35. The van der Waals surface area contributed by atoms with Crippen molar-refractivity contribution in [2.45, 2.75) is 32.2 Å². The van der Waals surface area contributed by atoms with Gasteiger partial charge in [0.05, 0.1) is 11.7 Å². The summed E-state index contributed by atoms with van der Waals surface area (Å²) in [5, 5.41) is 11.1. The third kappa shape index (κ3) is 3.74. The summed E-state index contributed by atoms with van der Waals surface area (Å²) in [5.74, 6) is 0.668. The lowest BCUT2D eigenvalue weighted by atomic mass is 10.1. The summed E-state index contributed by atoms with van der Waals surface area (Å²) in [7, 11) is 0. The zero-order chi connectivity index (χ0) is 19.3. The Labute approximate surface area is 163 Å². The van der Waals surface area contributed by atoms with Gasteiger partial charge in [-0.1, -0.05) is 31.2 Å². The number of tetrazole rings is 1. The number of aromatic nitrogens is 4. The lowest BCUT2D eigenvalue weighted by molar-refractivity contribution is -0.136. The SMILES string of the molecule is CCCN(C(=O)COc1ccc(-n2cnnn2)cc1)C1CCc2ccccc21. The molecule has 0 bridgehead atoms. The lowest BCUT2D eigenvalue weighted by Crippen LogP contribution is -2.38. The fourth-order valence-electron chi connectivity index (χ4n) is 3.76. The Hall–Kier alpha value is -3.22. The second kappa shape index (κ2) is 8.21. The molecule has 7 nitrogen and oxygen atoms in total. The van der Waals surface area contributed by atoms with Crippen LogP contribution in [0.3, 0.4) is 0 Å². The minimum absolute atomic E-state index is 0.0214. The lowest BCUT2D eigenvalue weighted by Gasteiger charge is -2.29. The molecule has 2 aromatic carbocycles. The molecule has 0 fully saturated rings. The number of hydrogen-bond donors (Lipinski definition) is 0. The van der Waals surface area contributed by atoms with Crippen LogP contribution in [0.25, 0.3) is 5.69 Å². The van der Waals surface area contributed by atoms with E-state index in [0.29, 0.717) is 5.75 Å². The number of nitrogens with zero attached hydrogens (tertiary/aromatic N) is 5. The highest BCUT2D eigenvalue weighted by Gasteiger charge is 2.30. The quantitative estimate of drug-likeness (QED) is 0.633. The summed E-state index contributed by atoms with van der Waals surface area (Å²) in [4.78, 5) is 14.9. The van der Waals surface area contributed by atoms with Crippen LogP contribution in [-0.2, 0) is 11.2 Å². The van der Waals surface area contributed by atoms with Gasteiger partial charge < -0.3 is 9.64 Å². The van der Waals surface area contributed by atoms with Gasteiger partial charge in [-0.25, -0.2) is 4.68 Å². The van der Waals surface area contributed by atoms with E-state index in [1.165, 1.54) is 17.5 Å². The van der Waals surface area contributed by atoms with Crippen molar-refractivity contribution in [3.63, 3.8) is 0 Å². The number of amides is 1. The molecule has 1 atom stereocenters. The van der Waals surface area contributed by atoms with Crippen molar-refractivity contribution in [1.29, 1.82) is 0 Å². The van der Waals surface area contributed by atoms with Crippen molar-refractivity contribution in [1.82, 2.24) is 25.1 Å². The van der Waals surface area contributed by atoms with E-state index in [4.69, 9.17) is 4.74 Å². The summed E-state index contributed by atoms with van der Waals surface area (Å²) in [6.45, 7) is 2.86. The van der Waals surface area contributed by atoms with E-state index in [0.717, 1.165) is 31.5 Å². The summed E-state index contributed by atoms with van der Waals surface area (Å²) in [5.41, 5.74) is 3.45. The molecule has 1 aliphatic rings. The van der Waals surface area contributed by atoms with Gasteiger partial charge in [-0.2, -0.15) is 0 Å². The van der Waals surface area contributed by atoms with E-state index >= 15 is 0 Å². The molecule has 0 spiro atoms. The molecular weight excluding hydrogens is 354 g/mol. The third-order valence-electron chi connectivity index (χ3n) is 5.07. The molecule has 0 N–H and O–H groups in total. The van der Waals surface area contributed by atoms with Gasteiger partial charge in [0.25, 0.3) is 5.91 Å². The average molecular weight is 377 g/mol. The molecular formula is C21H23N5O2. The minimum atomic E-state index is 0.0214. The van der Waals surface area contributed by atoms with Crippen LogP contribution in [0.5, 0.6) is 5.75 Å². The molecule has 1 aliphatic carbocycles. The fourth-order valence-corrected chi connectivity index (χ4v) is 3.76. The molecule has 28 heavy (non-hydrogen) atoms. The number of carbonyl (C=O) groups excluding carboxylic acids is 1. The first-order valence-corrected chi connectivity index (χ1v) is 9.59. The standard InChI is InChI=1S/C21H23N5O2/c1-2-13-25(20-12-7-16-5-3-4-6-19(16)20)21(27)14-28-18-10-8-17(9-11-18)26-15-22-23-24-26/h3-6,8-11,15,20H,2,7,12-14H2,1H3. The van der Waals surface area contributed by atoms with Gasteiger partial charge in [-0.3, -0.25) is 4.79 Å². The fraction of sp³-hybridized carbons (Fsp3) is 0.333. The van der Waals surface area contributed by atoms with Crippen molar-refractivity contribution < 1.29 is 9.53 Å². The number of rotatable bonds is 7. The number of ether oxygens (including phenoxy) is 1. The van der Waals surface area contributed by atoms with Crippen molar-refractivity contribution in [2.24, 2.45) is 0 Å². The predicted molar refractivity (Wildman–Crippen MR) is 104 cm³/mol. The highest BCUT2D eigenvalue weighted by atomic mass is 16.5. The van der Waals surface area contributed by atoms with Crippen molar-refractivity contribution >= 4 is 5.91 Å². The summed E-state index contributed by atoms with van der Waals surface area (Å²) in [6.07, 6.45) is 4.45. The van der Waals surface area contributed by atoms with E-state index in [2.05, 4.69) is 46.7 Å². The number of hydrogen-bond acceptors (Lipinski definition) is 5. The summed E-state index contributed by atoms with van der Waals surface area (Å²) >= 11 is 0. The highest BCUT2D eigenvalue weighted by molar-refractivity contribution is 5.78. The normalized spacial score (nSPS) is 15.2. The topological polar surface area (TPSA) is 73.1 Å². The molecule has 1 heterocycles. The van der Waals surface area contributed by atoms with Gasteiger partial charge in [0.2, 0.25) is 0 Å². The molecule has 3 aromatic rings. The van der Waals surface area contributed by atoms with Crippen LogP contribution in [0, 0.1) is 0 Å². The number of fused-ring (bicyclic) bond motifs is 1. The molecule has 144 valence electrons. The number of carbonyl (C=O) groups is 1. The molecule has 1 aromatic heterocycles. The molecule has 0 aliphatic heterocycles. The maximum atomic E-state index is 12.9. The van der Waals surface area contributed by atoms with E-state index in [-0.39, 0.29) is 18.6 Å². The van der Waals surface area contributed by atoms with Crippen molar-refractivity contribution in [3.05, 3.63) is 66.0 Å². The second-order valence-corrected chi connectivity index (χ2v) is 6.88.